The van der Waals surface area contributed by atoms with Gasteiger partial charge in [0.25, 0.3) is 0 Å². The van der Waals surface area contributed by atoms with E-state index in [-0.39, 0.29) is 5.92 Å². The van der Waals surface area contributed by atoms with Crippen LogP contribution in [0.15, 0.2) is 48.5 Å². The number of methoxy groups -OCH3 is 1. The van der Waals surface area contributed by atoms with Gasteiger partial charge < -0.3 is 9.64 Å². The summed E-state index contributed by atoms with van der Waals surface area (Å²) >= 11 is 0. The number of alkyl halides is 3. The van der Waals surface area contributed by atoms with E-state index in [2.05, 4.69) is 21.9 Å². The minimum Gasteiger partial charge on any atom is -0.497 e. The van der Waals surface area contributed by atoms with Crippen molar-refractivity contribution >= 4 is 0 Å². The number of benzene rings is 2. The highest BCUT2D eigenvalue weighted by Crippen LogP contribution is 2.37. The van der Waals surface area contributed by atoms with Crippen LogP contribution in [0.25, 0.3) is 0 Å². The molecule has 0 spiro atoms. The van der Waals surface area contributed by atoms with Crippen LogP contribution in [0, 0.1) is 5.92 Å². The molecule has 168 valence electrons. The van der Waals surface area contributed by atoms with Crippen molar-refractivity contribution in [3.63, 3.8) is 0 Å². The molecule has 2 saturated heterocycles. The van der Waals surface area contributed by atoms with Crippen molar-refractivity contribution in [1.29, 1.82) is 0 Å². The lowest BCUT2D eigenvalue weighted by atomic mass is 9.87. The summed E-state index contributed by atoms with van der Waals surface area (Å²) in [6, 6.07) is 14.0. The summed E-state index contributed by atoms with van der Waals surface area (Å²) in [5, 5.41) is 0. The fourth-order valence-corrected chi connectivity index (χ4v) is 5.06. The molecule has 2 aromatic carbocycles. The van der Waals surface area contributed by atoms with Gasteiger partial charge in [0.15, 0.2) is 0 Å². The monoisotopic (exact) mass is 432 g/mol. The molecule has 2 aliphatic rings. The fraction of sp³-hybridized carbons (Fsp3) is 0.520. The molecule has 2 fully saturated rings. The Morgan fingerprint density at radius 1 is 0.935 bits per heavy atom. The number of hydrogen-bond acceptors (Lipinski definition) is 3. The standard InChI is InChI=1S/C25H31F3N2O/c1-31-23-10-8-19(9-11-23)15-30-17-21(16-29-12-3-2-4-13-29)24(18-30)20-6-5-7-22(14-20)25(26,27)28/h5-11,14,21,24H,2-4,12-13,15-18H2,1H3/t21-,24+/m1/s1. The first-order chi connectivity index (χ1) is 14.9. The summed E-state index contributed by atoms with van der Waals surface area (Å²) in [6.45, 7) is 5.65. The second kappa shape index (κ2) is 9.61. The van der Waals surface area contributed by atoms with Gasteiger partial charge in [-0.2, -0.15) is 13.2 Å². The molecule has 0 unspecified atom stereocenters. The molecule has 0 aromatic heterocycles. The summed E-state index contributed by atoms with van der Waals surface area (Å²) < 4.78 is 45.2. The fourth-order valence-electron chi connectivity index (χ4n) is 5.06. The van der Waals surface area contributed by atoms with Gasteiger partial charge in [-0.25, -0.2) is 0 Å². The molecular formula is C25H31F3N2O. The van der Waals surface area contributed by atoms with Gasteiger partial charge in [0.1, 0.15) is 5.75 Å². The number of hydrogen-bond donors (Lipinski definition) is 0. The maximum Gasteiger partial charge on any atom is 0.416 e. The molecule has 0 bridgehead atoms. The van der Waals surface area contributed by atoms with Crippen LogP contribution in [0.1, 0.15) is 41.9 Å². The predicted molar refractivity (Wildman–Crippen MR) is 116 cm³/mol. The van der Waals surface area contributed by atoms with Crippen LogP contribution in [0.5, 0.6) is 5.75 Å². The maximum absolute atomic E-state index is 13.3. The molecular weight excluding hydrogens is 401 g/mol. The molecule has 2 atom stereocenters. The van der Waals surface area contributed by atoms with Crippen LogP contribution in [-0.2, 0) is 12.7 Å². The van der Waals surface area contributed by atoms with Crippen LogP contribution in [0.4, 0.5) is 13.2 Å². The topological polar surface area (TPSA) is 15.7 Å². The van der Waals surface area contributed by atoms with Gasteiger partial charge in [-0.15, -0.1) is 0 Å². The molecule has 0 radical (unpaired) electrons. The molecule has 2 aliphatic heterocycles. The molecule has 31 heavy (non-hydrogen) atoms. The third-order valence-corrected chi connectivity index (χ3v) is 6.67. The van der Waals surface area contributed by atoms with Crippen molar-refractivity contribution in [2.24, 2.45) is 5.92 Å². The van der Waals surface area contributed by atoms with Gasteiger partial charge in [0, 0.05) is 32.1 Å². The van der Waals surface area contributed by atoms with Gasteiger partial charge in [-0.05, 0) is 61.2 Å². The highest BCUT2D eigenvalue weighted by molar-refractivity contribution is 5.31. The molecule has 0 N–H and O–H groups in total. The summed E-state index contributed by atoms with van der Waals surface area (Å²) in [7, 11) is 1.65. The smallest absolute Gasteiger partial charge is 0.416 e. The van der Waals surface area contributed by atoms with Gasteiger partial charge in [-0.1, -0.05) is 36.8 Å². The molecule has 2 heterocycles. The van der Waals surface area contributed by atoms with Crippen LogP contribution < -0.4 is 4.74 Å². The Labute approximate surface area is 182 Å². The van der Waals surface area contributed by atoms with E-state index in [1.165, 1.54) is 37.0 Å². The van der Waals surface area contributed by atoms with Crippen molar-refractivity contribution in [3.8, 4) is 5.75 Å². The Bertz CT molecular complexity index is 847. The maximum atomic E-state index is 13.3. The number of ether oxygens (including phenoxy) is 1. The lowest BCUT2D eigenvalue weighted by Crippen LogP contribution is -2.36. The minimum absolute atomic E-state index is 0.113. The van der Waals surface area contributed by atoms with Crippen molar-refractivity contribution in [2.45, 2.75) is 37.9 Å². The van der Waals surface area contributed by atoms with Crippen molar-refractivity contribution in [1.82, 2.24) is 9.80 Å². The van der Waals surface area contributed by atoms with Gasteiger partial charge in [-0.3, -0.25) is 4.90 Å². The molecule has 0 saturated carbocycles. The second-order valence-electron chi connectivity index (χ2n) is 8.89. The summed E-state index contributed by atoms with van der Waals surface area (Å²) in [4.78, 5) is 4.90. The summed E-state index contributed by atoms with van der Waals surface area (Å²) in [5.74, 6) is 1.28. The molecule has 6 heteroatoms. The van der Waals surface area contributed by atoms with E-state index < -0.39 is 11.7 Å². The lowest BCUT2D eigenvalue weighted by molar-refractivity contribution is -0.137. The Morgan fingerprint density at radius 2 is 1.68 bits per heavy atom. The number of likely N-dealkylation sites (tertiary alicyclic amines) is 2. The van der Waals surface area contributed by atoms with Crippen molar-refractivity contribution < 1.29 is 17.9 Å². The molecule has 4 rings (SSSR count). The predicted octanol–water partition coefficient (Wildman–Crippen LogP) is 5.42. The zero-order valence-electron chi connectivity index (χ0n) is 18.1. The quantitative estimate of drug-likeness (QED) is 0.607. The Hall–Kier alpha value is -2.05. The zero-order chi connectivity index (χ0) is 21.8. The summed E-state index contributed by atoms with van der Waals surface area (Å²) in [5.41, 5.74) is 1.46. The third-order valence-electron chi connectivity index (χ3n) is 6.67. The summed E-state index contributed by atoms with van der Waals surface area (Å²) in [6.07, 6.45) is -0.589. The van der Waals surface area contributed by atoms with Crippen LogP contribution in [0.2, 0.25) is 0 Å². The van der Waals surface area contributed by atoms with E-state index in [0.29, 0.717) is 5.92 Å². The minimum atomic E-state index is -4.31. The first-order valence-electron chi connectivity index (χ1n) is 11.2. The SMILES string of the molecule is COc1ccc(CN2C[C@@H](CN3CCCCC3)[C@H](c3cccc(C(F)(F)F)c3)C2)cc1. The van der Waals surface area contributed by atoms with E-state index in [4.69, 9.17) is 4.74 Å². The van der Waals surface area contributed by atoms with E-state index in [1.807, 2.05) is 18.2 Å². The van der Waals surface area contributed by atoms with E-state index in [1.54, 1.807) is 13.2 Å². The van der Waals surface area contributed by atoms with Gasteiger partial charge in [0.05, 0.1) is 12.7 Å². The molecule has 2 aromatic rings. The first kappa shape index (κ1) is 22.2. The van der Waals surface area contributed by atoms with Gasteiger partial charge >= 0.3 is 6.18 Å². The highest BCUT2D eigenvalue weighted by atomic mass is 19.4. The zero-order valence-corrected chi connectivity index (χ0v) is 18.1. The van der Waals surface area contributed by atoms with E-state index in [0.717, 1.165) is 50.6 Å². The number of nitrogens with zero attached hydrogens (tertiary/aromatic N) is 2. The first-order valence-corrected chi connectivity index (χ1v) is 11.2. The van der Waals surface area contributed by atoms with Gasteiger partial charge in [0.2, 0.25) is 0 Å². The number of halogens is 3. The van der Waals surface area contributed by atoms with E-state index >= 15 is 0 Å². The second-order valence-corrected chi connectivity index (χ2v) is 8.89. The lowest BCUT2D eigenvalue weighted by Gasteiger charge is -2.31. The molecule has 0 amide bonds. The molecule has 3 nitrogen and oxygen atoms in total. The van der Waals surface area contributed by atoms with E-state index in [9.17, 15) is 13.2 Å². The number of rotatable bonds is 6. The van der Waals surface area contributed by atoms with Crippen molar-refractivity contribution in [2.75, 3.05) is 39.8 Å². The number of piperidine rings is 1. The average molecular weight is 433 g/mol. The Kier molecular flexibility index (Phi) is 6.87. The highest BCUT2D eigenvalue weighted by Gasteiger charge is 2.37. The van der Waals surface area contributed by atoms with Crippen LogP contribution in [-0.4, -0.2) is 49.6 Å². The Morgan fingerprint density at radius 3 is 2.35 bits per heavy atom. The Balaban J connectivity index is 1.52. The van der Waals surface area contributed by atoms with Crippen LogP contribution in [0.3, 0.4) is 0 Å². The largest absolute Gasteiger partial charge is 0.497 e. The van der Waals surface area contributed by atoms with Crippen LogP contribution >= 0.6 is 0 Å². The molecule has 0 aliphatic carbocycles. The third kappa shape index (κ3) is 5.60. The average Bonchev–Trinajstić information content (AvgIpc) is 3.16. The normalized spacial score (nSPS) is 23.2. The van der Waals surface area contributed by atoms with Crippen molar-refractivity contribution in [3.05, 3.63) is 65.2 Å².